The number of hydrogen-bond donors (Lipinski definition) is 0. The first kappa shape index (κ1) is 9.44. The number of carbonyl (C=O) groups excluding carboxylic acids is 1. The molecule has 0 N–H and O–H groups in total. The number of hydrogen-bond acceptors (Lipinski definition) is 2. The van der Waals surface area contributed by atoms with Crippen LogP contribution in [0, 0.1) is 5.92 Å². The smallest absolute Gasteiger partial charge is 0.133 e. The topological polar surface area (TPSA) is 34.9 Å². The van der Waals surface area contributed by atoms with Crippen molar-refractivity contribution >= 4 is 5.78 Å². The van der Waals surface area contributed by atoms with E-state index in [4.69, 9.17) is 0 Å². The van der Waals surface area contributed by atoms with Crippen LogP contribution in [0.1, 0.15) is 31.2 Å². The molecule has 1 fully saturated rings. The number of aryl methyl sites for hydroxylation is 2. The van der Waals surface area contributed by atoms with Gasteiger partial charge in [-0.2, -0.15) is 5.10 Å². The van der Waals surface area contributed by atoms with E-state index in [-0.39, 0.29) is 0 Å². The van der Waals surface area contributed by atoms with Crippen molar-refractivity contribution in [1.82, 2.24) is 9.78 Å². The second-order valence-electron chi connectivity index (χ2n) is 4.21. The first-order valence-corrected chi connectivity index (χ1v) is 5.23. The number of rotatable bonds is 5. The molecule has 0 atom stereocenters. The quantitative estimate of drug-likeness (QED) is 0.712. The Morgan fingerprint density at radius 1 is 1.64 bits per heavy atom. The van der Waals surface area contributed by atoms with Crippen LogP contribution in [-0.2, 0) is 18.3 Å². The fourth-order valence-electron chi connectivity index (χ4n) is 1.63. The monoisotopic (exact) mass is 192 g/mol. The fourth-order valence-corrected chi connectivity index (χ4v) is 1.63. The predicted octanol–water partition coefficient (Wildman–Crippen LogP) is 1.72. The summed E-state index contributed by atoms with van der Waals surface area (Å²) in [6.07, 6.45) is 8.67. The summed E-state index contributed by atoms with van der Waals surface area (Å²) in [7, 11) is 1.90. The lowest BCUT2D eigenvalue weighted by Crippen LogP contribution is -2.00. The van der Waals surface area contributed by atoms with Gasteiger partial charge in [0.25, 0.3) is 0 Å². The summed E-state index contributed by atoms with van der Waals surface area (Å²) in [4.78, 5) is 11.4. The maximum atomic E-state index is 11.4. The zero-order valence-corrected chi connectivity index (χ0v) is 8.57. The van der Waals surface area contributed by atoms with Gasteiger partial charge in [-0.3, -0.25) is 9.48 Å². The molecule has 1 aliphatic carbocycles. The van der Waals surface area contributed by atoms with Gasteiger partial charge in [0.05, 0.1) is 6.20 Å². The molecule has 0 saturated heterocycles. The van der Waals surface area contributed by atoms with Gasteiger partial charge < -0.3 is 0 Å². The Morgan fingerprint density at radius 3 is 3.00 bits per heavy atom. The normalized spacial score (nSPS) is 15.8. The predicted molar refractivity (Wildman–Crippen MR) is 53.9 cm³/mol. The fraction of sp³-hybridized carbons (Fsp3) is 0.636. The van der Waals surface area contributed by atoms with Crippen molar-refractivity contribution in [1.29, 1.82) is 0 Å². The lowest BCUT2D eigenvalue weighted by Gasteiger charge is -1.97. The van der Waals surface area contributed by atoms with E-state index in [1.807, 2.05) is 19.4 Å². The van der Waals surface area contributed by atoms with E-state index in [2.05, 4.69) is 5.10 Å². The first-order valence-electron chi connectivity index (χ1n) is 5.23. The van der Waals surface area contributed by atoms with Gasteiger partial charge in [0.2, 0.25) is 0 Å². The highest BCUT2D eigenvalue weighted by molar-refractivity contribution is 5.79. The van der Waals surface area contributed by atoms with E-state index in [0.717, 1.165) is 24.3 Å². The summed E-state index contributed by atoms with van der Waals surface area (Å²) < 4.78 is 1.78. The van der Waals surface area contributed by atoms with Crippen LogP contribution >= 0.6 is 0 Å². The molecular weight excluding hydrogens is 176 g/mol. The molecule has 3 heteroatoms. The average Bonchev–Trinajstić information content (AvgIpc) is 2.85. The number of nitrogens with zero attached hydrogens (tertiary/aromatic N) is 2. The summed E-state index contributed by atoms with van der Waals surface area (Å²) in [5.74, 6) is 1.13. The number of carbonyl (C=O) groups is 1. The van der Waals surface area contributed by atoms with Crippen LogP contribution < -0.4 is 0 Å². The van der Waals surface area contributed by atoms with Crippen molar-refractivity contribution in [3.63, 3.8) is 0 Å². The summed E-state index contributed by atoms with van der Waals surface area (Å²) in [5, 5.41) is 4.07. The van der Waals surface area contributed by atoms with E-state index in [0.29, 0.717) is 12.2 Å². The third kappa shape index (κ3) is 2.69. The maximum absolute atomic E-state index is 11.4. The van der Waals surface area contributed by atoms with Gasteiger partial charge in [0.1, 0.15) is 5.78 Å². The Labute approximate surface area is 84.1 Å². The van der Waals surface area contributed by atoms with Crippen LogP contribution in [0.15, 0.2) is 12.4 Å². The Morgan fingerprint density at radius 2 is 2.43 bits per heavy atom. The number of aromatic nitrogens is 2. The van der Waals surface area contributed by atoms with Gasteiger partial charge in [0, 0.05) is 26.1 Å². The van der Waals surface area contributed by atoms with E-state index < -0.39 is 0 Å². The molecule has 1 aromatic rings. The van der Waals surface area contributed by atoms with E-state index >= 15 is 0 Å². The number of ketones is 1. The standard InChI is InChI=1S/C11H16N2O/c1-13-8-10(7-12-13)4-5-11(14)6-9-2-3-9/h7-9H,2-6H2,1H3. The molecule has 14 heavy (non-hydrogen) atoms. The molecule has 76 valence electrons. The van der Waals surface area contributed by atoms with E-state index in [1.165, 1.54) is 12.8 Å². The summed E-state index contributed by atoms with van der Waals surface area (Å²) in [5.41, 5.74) is 1.16. The van der Waals surface area contributed by atoms with Crippen molar-refractivity contribution < 1.29 is 4.79 Å². The second-order valence-corrected chi connectivity index (χ2v) is 4.21. The SMILES string of the molecule is Cn1cc(CCC(=O)CC2CC2)cn1. The summed E-state index contributed by atoms with van der Waals surface area (Å²) >= 11 is 0. The summed E-state index contributed by atoms with van der Waals surface area (Å²) in [6.45, 7) is 0. The minimum Gasteiger partial charge on any atom is -0.300 e. The third-order valence-corrected chi connectivity index (χ3v) is 2.66. The average molecular weight is 192 g/mol. The first-order chi connectivity index (χ1) is 6.74. The van der Waals surface area contributed by atoms with E-state index in [9.17, 15) is 4.79 Å². The van der Waals surface area contributed by atoms with Gasteiger partial charge in [-0.15, -0.1) is 0 Å². The highest BCUT2D eigenvalue weighted by Crippen LogP contribution is 2.32. The lowest BCUT2D eigenvalue weighted by molar-refractivity contribution is -0.119. The van der Waals surface area contributed by atoms with Crippen LogP contribution in [0.5, 0.6) is 0 Å². The second kappa shape index (κ2) is 3.95. The zero-order valence-electron chi connectivity index (χ0n) is 8.57. The van der Waals surface area contributed by atoms with Gasteiger partial charge in [-0.05, 0) is 30.7 Å². The van der Waals surface area contributed by atoms with Crippen molar-refractivity contribution in [2.45, 2.75) is 32.1 Å². The van der Waals surface area contributed by atoms with Crippen molar-refractivity contribution in [2.24, 2.45) is 13.0 Å². The van der Waals surface area contributed by atoms with Crippen molar-refractivity contribution in [3.05, 3.63) is 18.0 Å². The van der Waals surface area contributed by atoms with Crippen LogP contribution in [-0.4, -0.2) is 15.6 Å². The molecule has 0 aromatic carbocycles. The molecule has 0 radical (unpaired) electrons. The molecule has 0 unspecified atom stereocenters. The van der Waals surface area contributed by atoms with Gasteiger partial charge in [-0.25, -0.2) is 0 Å². The van der Waals surface area contributed by atoms with Crippen LogP contribution in [0.25, 0.3) is 0 Å². The van der Waals surface area contributed by atoms with E-state index in [1.54, 1.807) is 4.68 Å². The highest BCUT2D eigenvalue weighted by atomic mass is 16.1. The Kier molecular flexibility index (Phi) is 2.66. The molecule has 1 aliphatic rings. The highest BCUT2D eigenvalue weighted by Gasteiger charge is 2.23. The van der Waals surface area contributed by atoms with Crippen LogP contribution in [0.4, 0.5) is 0 Å². The molecule has 0 amide bonds. The molecular formula is C11H16N2O. The van der Waals surface area contributed by atoms with Crippen LogP contribution in [0.3, 0.4) is 0 Å². The summed E-state index contributed by atoms with van der Waals surface area (Å²) in [6, 6.07) is 0. The molecule has 2 rings (SSSR count). The zero-order chi connectivity index (χ0) is 9.97. The third-order valence-electron chi connectivity index (χ3n) is 2.66. The molecule has 0 spiro atoms. The minimum absolute atomic E-state index is 0.413. The number of Topliss-reactive ketones (excluding diaryl/α,β-unsaturated/α-hetero) is 1. The Hall–Kier alpha value is -1.12. The van der Waals surface area contributed by atoms with Crippen LogP contribution in [0.2, 0.25) is 0 Å². The molecule has 3 nitrogen and oxygen atoms in total. The molecule has 1 heterocycles. The Balaban J connectivity index is 1.73. The minimum atomic E-state index is 0.413. The van der Waals surface area contributed by atoms with Gasteiger partial charge >= 0.3 is 0 Å². The molecule has 1 saturated carbocycles. The van der Waals surface area contributed by atoms with Crippen molar-refractivity contribution in [3.8, 4) is 0 Å². The van der Waals surface area contributed by atoms with Gasteiger partial charge in [-0.1, -0.05) is 0 Å². The maximum Gasteiger partial charge on any atom is 0.133 e. The molecule has 1 aromatic heterocycles. The Bertz CT molecular complexity index is 326. The largest absolute Gasteiger partial charge is 0.300 e. The molecule has 0 bridgehead atoms. The van der Waals surface area contributed by atoms with Gasteiger partial charge in [0.15, 0.2) is 0 Å². The lowest BCUT2D eigenvalue weighted by atomic mass is 10.1. The van der Waals surface area contributed by atoms with Crippen molar-refractivity contribution in [2.75, 3.05) is 0 Å². The molecule has 0 aliphatic heterocycles.